The molecule has 3 aromatic rings. The Bertz CT molecular complexity index is 1050. The average molecular weight is 370 g/mol. The lowest BCUT2D eigenvalue weighted by Crippen LogP contribution is -2.40. The molecule has 0 unspecified atom stereocenters. The van der Waals surface area contributed by atoms with Gasteiger partial charge in [0.05, 0.1) is 0 Å². The average Bonchev–Trinajstić information content (AvgIpc) is 2.86. The first kappa shape index (κ1) is 18.8. The highest BCUT2D eigenvalue weighted by molar-refractivity contribution is 5.89. The summed E-state index contributed by atoms with van der Waals surface area (Å²) in [5.74, 6) is 0. The molecule has 0 spiro atoms. The van der Waals surface area contributed by atoms with Crippen molar-refractivity contribution in [3.05, 3.63) is 82.9 Å². The summed E-state index contributed by atoms with van der Waals surface area (Å²) in [6.45, 7) is 16.2. The Balaban J connectivity index is 2.08. The SMILES string of the molecule is Cc1ccccc1N(c1c(C)ccc2c1C(C)(C)c1ccccc1-2)C(C)(C)C. The molecule has 0 saturated heterocycles. The van der Waals surface area contributed by atoms with Crippen LogP contribution >= 0.6 is 0 Å². The molecule has 0 atom stereocenters. The lowest BCUT2D eigenvalue weighted by atomic mass is 9.80. The summed E-state index contributed by atoms with van der Waals surface area (Å²) in [4.78, 5) is 2.56. The van der Waals surface area contributed by atoms with E-state index in [9.17, 15) is 0 Å². The van der Waals surface area contributed by atoms with Crippen molar-refractivity contribution in [1.82, 2.24) is 0 Å². The quantitative estimate of drug-likeness (QED) is 0.451. The Morgan fingerprint density at radius 1 is 0.714 bits per heavy atom. The molecule has 0 saturated carbocycles. The van der Waals surface area contributed by atoms with E-state index in [4.69, 9.17) is 0 Å². The molecule has 0 fully saturated rings. The third kappa shape index (κ3) is 2.68. The topological polar surface area (TPSA) is 3.24 Å². The summed E-state index contributed by atoms with van der Waals surface area (Å²) in [5, 5.41) is 0. The minimum atomic E-state index is -0.0448. The van der Waals surface area contributed by atoms with Crippen LogP contribution in [0.5, 0.6) is 0 Å². The van der Waals surface area contributed by atoms with Gasteiger partial charge in [0.15, 0.2) is 0 Å². The highest BCUT2D eigenvalue weighted by Gasteiger charge is 2.40. The third-order valence-corrected chi connectivity index (χ3v) is 6.15. The van der Waals surface area contributed by atoms with Gasteiger partial charge in [-0.15, -0.1) is 0 Å². The summed E-state index contributed by atoms with van der Waals surface area (Å²) >= 11 is 0. The molecule has 1 aliphatic carbocycles. The molecule has 1 aliphatic rings. The van der Waals surface area contributed by atoms with Crippen LogP contribution < -0.4 is 4.90 Å². The fourth-order valence-corrected chi connectivity index (χ4v) is 4.87. The first-order valence-corrected chi connectivity index (χ1v) is 10.2. The highest BCUT2D eigenvalue weighted by atomic mass is 15.2. The lowest BCUT2D eigenvalue weighted by Gasteiger charge is -2.42. The van der Waals surface area contributed by atoms with E-state index in [1.165, 1.54) is 44.8 Å². The lowest BCUT2D eigenvalue weighted by molar-refractivity contribution is 0.551. The predicted octanol–water partition coefficient (Wildman–Crippen LogP) is 7.55. The molecule has 0 aliphatic heterocycles. The molecule has 28 heavy (non-hydrogen) atoms. The summed E-state index contributed by atoms with van der Waals surface area (Å²) in [7, 11) is 0. The number of fused-ring (bicyclic) bond motifs is 3. The van der Waals surface area contributed by atoms with Gasteiger partial charge in [-0.3, -0.25) is 0 Å². The van der Waals surface area contributed by atoms with Crippen molar-refractivity contribution in [3.63, 3.8) is 0 Å². The normalized spacial score (nSPS) is 14.5. The first-order chi connectivity index (χ1) is 13.1. The molecule has 3 aromatic carbocycles. The van der Waals surface area contributed by atoms with Gasteiger partial charge in [0.1, 0.15) is 0 Å². The van der Waals surface area contributed by atoms with Crippen molar-refractivity contribution >= 4 is 11.4 Å². The van der Waals surface area contributed by atoms with Crippen molar-refractivity contribution in [1.29, 1.82) is 0 Å². The molecule has 1 heteroatoms. The maximum absolute atomic E-state index is 2.56. The van der Waals surface area contributed by atoms with Crippen LogP contribution in [0.25, 0.3) is 11.1 Å². The van der Waals surface area contributed by atoms with Crippen molar-refractivity contribution in [2.45, 2.75) is 59.4 Å². The second kappa shape index (κ2) is 6.24. The number of rotatable bonds is 2. The molecule has 4 rings (SSSR count). The molecule has 144 valence electrons. The number of hydrogen-bond acceptors (Lipinski definition) is 1. The van der Waals surface area contributed by atoms with Crippen LogP contribution in [0, 0.1) is 13.8 Å². The number of nitrogens with zero attached hydrogens (tertiary/aromatic N) is 1. The predicted molar refractivity (Wildman–Crippen MR) is 122 cm³/mol. The smallest absolute Gasteiger partial charge is 0.0493 e. The van der Waals surface area contributed by atoms with E-state index >= 15 is 0 Å². The zero-order valence-corrected chi connectivity index (χ0v) is 18.2. The molecule has 0 bridgehead atoms. The minimum Gasteiger partial charge on any atom is -0.335 e. The molecule has 0 amide bonds. The summed E-state index contributed by atoms with van der Waals surface area (Å²) in [6, 6.07) is 22.3. The Kier molecular flexibility index (Phi) is 4.19. The fourth-order valence-electron chi connectivity index (χ4n) is 4.87. The van der Waals surface area contributed by atoms with E-state index in [2.05, 4.69) is 114 Å². The van der Waals surface area contributed by atoms with Gasteiger partial charge in [-0.25, -0.2) is 0 Å². The molecule has 0 radical (unpaired) electrons. The van der Waals surface area contributed by atoms with Gasteiger partial charge < -0.3 is 4.90 Å². The zero-order chi connectivity index (χ0) is 20.3. The number of anilines is 2. The minimum absolute atomic E-state index is 0.0283. The van der Waals surface area contributed by atoms with Crippen LogP contribution in [0.3, 0.4) is 0 Å². The van der Waals surface area contributed by atoms with Crippen molar-refractivity contribution in [2.24, 2.45) is 0 Å². The second-order valence-electron chi connectivity index (χ2n) is 9.62. The Labute approximate surface area is 170 Å². The number of benzene rings is 3. The van der Waals surface area contributed by atoms with E-state index < -0.39 is 0 Å². The van der Waals surface area contributed by atoms with E-state index in [0.29, 0.717) is 0 Å². The molecule has 0 N–H and O–H groups in total. The van der Waals surface area contributed by atoms with Crippen molar-refractivity contribution in [3.8, 4) is 11.1 Å². The van der Waals surface area contributed by atoms with Gasteiger partial charge in [-0.1, -0.05) is 68.4 Å². The summed E-state index contributed by atoms with van der Waals surface area (Å²) in [6.07, 6.45) is 0. The van der Waals surface area contributed by atoms with E-state index in [1.54, 1.807) is 0 Å². The van der Waals surface area contributed by atoms with E-state index in [0.717, 1.165) is 0 Å². The number of para-hydroxylation sites is 1. The van der Waals surface area contributed by atoms with Crippen molar-refractivity contribution < 1.29 is 0 Å². The van der Waals surface area contributed by atoms with Gasteiger partial charge in [0, 0.05) is 22.3 Å². The largest absolute Gasteiger partial charge is 0.335 e. The Morgan fingerprint density at radius 3 is 2.04 bits per heavy atom. The molecular formula is C27H31N. The monoisotopic (exact) mass is 369 g/mol. The standard InChI is InChI=1S/C27H31N/c1-18-12-8-11-15-23(18)28(26(3,4)5)25-19(2)16-17-21-20-13-9-10-14-22(20)27(6,7)24(21)25/h8-17H,1-7H3. The van der Waals surface area contributed by atoms with Crippen LogP contribution in [0.4, 0.5) is 11.4 Å². The van der Waals surface area contributed by atoms with Gasteiger partial charge in [0.25, 0.3) is 0 Å². The third-order valence-electron chi connectivity index (χ3n) is 6.15. The molecular weight excluding hydrogens is 338 g/mol. The van der Waals surface area contributed by atoms with Gasteiger partial charge in [-0.05, 0) is 74.1 Å². The van der Waals surface area contributed by atoms with Crippen molar-refractivity contribution in [2.75, 3.05) is 4.90 Å². The highest BCUT2D eigenvalue weighted by Crippen LogP contribution is 2.55. The summed E-state index contributed by atoms with van der Waals surface area (Å²) in [5.41, 5.74) is 10.9. The van der Waals surface area contributed by atoms with Gasteiger partial charge in [0.2, 0.25) is 0 Å². The van der Waals surface area contributed by atoms with Crippen LogP contribution in [0.1, 0.15) is 56.9 Å². The maximum atomic E-state index is 2.56. The zero-order valence-electron chi connectivity index (χ0n) is 18.2. The van der Waals surface area contributed by atoms with Crippen LogP contribution in [0.2, 0.25) is 0 Å². The molecule has 1 nitrogen and oxygen atoms in total. The Morgan fingerprint density at radius 2 is 1.36 bits per heavy atom. The van der Waals surface area contributed by atoms with Crippen LogP contribution in [-0.4, -0.2) is 5.54 Å². The summed E-state index contributed by atoms with van der Waals surface area (Å²) < 4.78 is 0. The maximum Gasteiger partial charge on any atom is 0.0493 e. The molecule has 0 heterocycles. The first-order valence-electron chi connectivity index (χ1n) is 10.2. The van der Waals surface area contributed by atoms with Crippen LogP contribution in [-0.2, 0) is 5.41 Å². The Hall–Kier alpha value is -2.54. The van der Waals surface area contributed by atoms with Crippen LogP contribution in [0.15, 0.2) is 60.7 Å². The fraction of sp³-hybridized carbons (Fsp3) is 0.333. The van der Waals surface area contributed by atoms with Gasteiger partial charge in [-0.2, -0.15) is 0 Å². The molecule has 0 aromatic heterocycles. The second-order valence-corrected chi connectivity index (χ2v) is 9.62. The number of hydrogen-bond donors (Lipinski definition) is 0. The van der Waals surface area contributed by atoms with E-state index in [1.807, 2.05) is 0 Å². The number of aryl methyl sites for hydroxylation is 2. The van der Waals surface area contributed by atoms with Gasteiger partial charge >= 0.3 is 0 Å². The van der Waals surface area contributed by atoms with E-state index in [-0.39, 0.29) is 11.0 Å².